The van der Waals surface area contributed by atoms with Gasteiger partial charge in [-0.1, -0.05) is 35.2 Å². The molecule has 0 saturated carbocycles. The van der Waals surface area contributed by atoms with Gasteiger partial charge in [0.2, 0.25) is 0 Å². The highest BCUT2D eigenvalue weighted by Crippen LogP contribution is 2.20. The van der Waals surface area contributed by atoms with Crippen LogP contribution in [0.4, 0.5) is 0 Å². The Balaban J connectivity index is 2.85. The maximum absolute atomic E-state index is 5.47. The molecule has 1 N–H and O–H groups in total. The van der Waals surface area contributed by atoms with Gasteiger partial charge >= 0.3 is 0 Å². The van der Waals surface area contributed by atoms with Crippen LogP contribution in [0.15, 0.2) is 31.0 Å². The molecule has 1 rings (SSSR count). The number of benzene rings is 1. The van der Waals surface area contributed by atoms with Crippen LogP contribution in [0.3, 0.4) is 0 Å². The van der Waals surface area contributed by atoms with Crippen LogP contribution in [0.25, 0.3) is 0 Å². The molecule has 0 amide bonds. The van der Waals surface area contributed by atoms with E-state index in [0.717, 1.165) is 16.7 Å². The summed E-state index contributed by atoms with van der Waals surface area (Å²) < 4.78 is 6.48. The second-order valence-electron chi connectivity index (χ2n) is 3.08. The summed E-state index contributed by atoms with van der Waals surface area (Å²) in [4.78, 5) is 0. The van der Waals surface area contributed by atoms with Crippen LogP contribution in [0, 0.1) is 0 Å². The molecular weight excluding hydrogens is 301 g/mol. The van der Waals surface area contributed by atoms with Gasteiger partial charge in [-0.15, -0.1) is 0 Å². The first-order chi connectivity index (χ1) is 7.31. The van der Waals surface area contributed by atoms with Gasteiger partial charge in [-0.25, -0.2) is 0 Å². The van der Waals surface area contributed by atoms with Gasteiger partial charge in [-0.2, -0.15) is 0 Å². The second-order valence-corrected chi connectivity index (χ2v) is 3.84. The Morgan fingerprint density at radius 3 is 2.87 bits per heavy atom. The van der Waals surface area contributed by atoms with Crippen LogP contribution >= 0.6 is 22.6 Å². The SMILES string of the molecule is C=CNCc1cc(OCC)ccc1CI. The average molecular weight is 317 g/mol. The zero-order valence-corrected chi connectivity index (χ0v) is 11.1. The summed E-state index contributed by atoms with van der Waals surface area (Å²) in [6.07, 6.45) is 1.71. The number of ether oxygens (including phenoxy) is 1. The van der Waals surface area contributed by atoms with E-state index in [0.29, 0.717) is 6.61 Å². The van der Waals surface area contributed by atoms with Crippen LogP contribution < -0.4 is 10.1 Å². The van der Waals surface area contributed by atoms with Gasteiger partial charge in [0.25, 0.3) is 0 Å². The second kappa shape index (κ2) is 6.71. The first-order valence-electron chi connectivity index (χ1n) is 4.96. The number of halogens is 1. The molecule has 0 bridgehead atoms. The van der Waals surface area contributed by atoms with E-state index in [1.165, 1.54) is 11.1 Å². The monoisotopic (exact) mass is 317 g/mol. The van der Waals surface area contributed by atoms with E-state index in [-0.39, 0.29) is 0 Å². The molecule has 0 radical (unpaired) electrons. The summed E-state index contributed by atoms with van der Waals surface area (Å²) in [7, 11) is 0. The van der Waals surface area contributed by atoms with E-state index in [1.807, 2.05) is 13.0 Å². The topological polar surface area (TPSA) is 21.3 Å². The molecule has 3 heteroatoms. The molecule has 2 nitrogen and oxygen atoms in total. The Kier molecular flexibility index (Phi) is 5.53. The summed E-state index contributed by atoms with van der Waals surface area (Å²) in [5.41, 5.74) is 2.61. The summed E-state index contributed by atoms with van der Waals surface area (Å²) >= 11 is 2.37. The lowest BCUT2D eigenvalue weighted by atomic mass is 10.1. The quantitative estimate of drug-likeness (QED) is 0.642. The predicted molar refractivity (Wildman–Crippen MR) is 72.4 cm³/mol. The van der Waals surface area contributed by atoms with Gasteiger partial charge in [-0.3, -0.25) is 0 Å². The van der Waals surface area contributed by atoms with Gasteiger partial charge in [0.15, 0.2) is 0 Å². The van der Waals surface area contributed by atoms with Crippen molar-refractivity contribution in [2.24, 2.45) is 0 Å². The molecule has 0 aliphatic heterocycles. The summed E-state index contributed by atoms with van der Waals surface area (Å²) in [5, 5.41) is 3.11. The van der Waals surface area contributed by atoms with Crippen molar-refractivity contribution in [1.82, 2.24) is 5.32 Å². The van der Waals surface area contributed by atoms with Gasteiger partial charge in [-0.05, 0) is 36.4 Å². The molecule has 0 spiro atoms. The number of rotatable bonds is 6. The van der Waals surface area contributed by atoms with E-state index < -0.39 is 0 Å². The zero-order valence-electron chi connectivity index (χ0n) is 8.92. The molecule has 0 aliphatic carbocycles. The van der Waals surface area contributed by atoms with E-state index in [9.17, 15) is 0 Å². The highest BCUT2D eigenvalue weighted by atomic mass is 127. The highest BCUT2D eigenvalue weighted by Gasteiger charge is 2.02. The van der Waals surface area contributed by atoms with Crippen molar-refractivity contribution in [3.8, 4) is 5.75 Å². The maximum Gasteiger partial charge on any atom is 0.119 e. The van der Waals surface area contributed by atoms with Crippen molar-refractivity contribution >= 4 is 22.6 Å². The third-order valence-corrected chi connectivity index (χ3v) is 2.89. The molecule has 1 aromatic rings. The fraction of sp³-hybridized carbons (Fsp3) is 0.333. The molecular formula is C12H16INO. The molecule has 1 aromatic carbocycles. The molecule has 0 heterocycles. The molecule has 0 saturated heterocycles. The summed E-state index contributed by atoms with van der Waals surface area (Å²) in [5.74, 6) is 0.937. The van der Waals surface area contributed by atoms with Gasteiger partial charge in [0.05, 0.1) is 6.61 Å². The Bertz CT molecular complexity index is 325. The molecule has 15 heavy (non-hydrogen) atoms. The lowest BCUT2D eigenvalue weighted by Crippen LogP contribution is -2.06. The maximum atomic E-state index is 5.47. The van der Waals surface area contributed by atoms with Crippen LogP contribution in [-0.2, 0) is 11.0 Å². The largest absolute Gasteiger partial charge is 0.494 e. The van der Waals surface area contributed by atoms with Crippen molar-refractivity contribution in [3.63, 3.8) is 0 Å². The van der Waals surface area contributed by atoms with Crippen molar-refractivity contribution in [2.75, 3.05) is 6.61 Å². The number of hydrogen-bond donors (Lipinski definition) is 1. The van der Waals surface area contributed by atoms with Crippen molar-refractivity contribution in [3.05, 3.63) is 42.1 Å². The first-order valence-corrected chi connectivity index (χ1v) is 6.49. The van der Waals surface area contributed by atoms with Gasteiger partial charge in [0, 0.05) is 11.0 Å². The van der Waals surface area contributed by atoms with Gasteiger partial charge in [0.1, 0.15) is 5.75 Å². The van der Waals surface area contributed by atoms with Crippen LogP contribution in [0.2, 0.25) is 0 Å². The van der Waals surface area contributed by atoms with Crippen LogP contribution in [0.5, 0.6) is 5.75 Å². The minimum Gasteiger partial charge on any atom is -0.494 e. The Labute approximate surface area is 105 Å². The smallest absolute Gasteiger partial charge is 0.119 e. The number of nitrogens with one attached hydrogen (secondary N) is 1. The van der Waals surface area contributed by atoms with E-state index >= 15 is 0 Å². The number of alkyl halides is 1. The van der Waals surface area contributed by atoms with Crippen LogP contribution in [0.1, 0.15) is 18.1 Å². The zero-order chi connectivity index (χ0) is 11.1. The average Bonchev–Trinajstić information content (AvgIpc) is 2.27. The lowest BCUT2D eigenvalue weighted by molar-refractivity contribution is 0.340. The Morgan fingerprint density at radius 1 is 1.47 bits per heavy atom. The van der Waals surface area contributed by atoms with Gasteiger partial charge < -0.3 is 10.1 Å². The molecule has 82 valence electrons. The molecule has 0 atom stereocenters. The Morgan fingerprint density at radius 2 is 2.27 bits per heavy atom. The highest BCUT2D eigenvalue weighted by molar-refractivity contribution is 14.1. The molecule has 0 fully saturated rings. The predicted octanol–water partition coefficient (Wildman–Crippen LogP) is 3.25. The Hall–Kier alpha value is -0.710. The number of hydrogen-bond acceptors (Lipinski definition) is 2. The van der Waals surface area contributed by atoms with E-state index in [4.69, 9.17) is 4.74 Å². The molecule has 0 aliphatic rings. The lowest BCUT2D eigenvalue weighted by Gasteiger charge is -2.10. The minimum atomic E-state index is 0.706. The van der Waals surface area contributed by atoms with E-state index in [1.54, 1.807) is 6.20 Å². The fourth-order valence-electron chi connectivity index (χ4n) is 1.34. The van der Waals surface area contributed by atoms with E-state index in [2.05, 4.69) is 46.6 Å². The standard InChI is InChI=1S/C12H16INO/c1-3-14-9-11-7-12(15-4-2)6-5-10(11)8-13/h3,5-7,14H,1,4,8-9H2,2H3. The summed E-state index contributed by atoms with van der Waals surface area (Å²) in [6, 6.07) is 6.24. The van der Waals surface area contributed by atoms with Crippen LogP contribution in [-0.4, -0.2) is 6.61 Å². The van der Waals surface area contributed by atoms with Crippen molar-refractivity contribution in [2.45, 2.75) is 17.9 Å². The minimum absolute atomic E-state index is 0.706. The van der Waals surface area contributed by atoms with Crippen molar-refractivity contribution < 1.29 is 4.74 Å². The molecule has 0 aromatic heterocycles. The van der Waals surface area contributed by atoms with Crippen molar-refractivity contribution in [1.29, 1.82) is 0 Å². The third-order valence-electron chi connectivity index (χ3n) is 2.07. The normalized spacial score (nSPS) is 9.73. The third kappa shape index (κ3) is 3.74. The summed E-state index contributed by atoms with van der Waals surface area (Å²) in [6.45, 7) is 7.15. The first kappa shape index (κ1) is 12.4. The molecule has 0 unspecified atom stereocenters. The fourth-order valence-corrected chi connectivity index (χ4v) is 2.08.